The van der Waals surface area contributed by atoms with Crippen LogP contribution in [0.15, 0.2) is 41.1 Å². The van der Waals surface area contributed by atoms with Gasteiger partial charge in [-0.1, -0.05) is 34.5 Å². The molecule has 0 aliphatic heterocycles. The Morgan fingerprint density at radius 3 is 2.86 bits per heavy atom. The maximum absolute atomic E-state index is 6.28. The van der Waals surface area contributed by atoms with E-state index in [9.17, 15) is 0 Å². The molecule has 0 aliphatic carbocycles. The molecule has 0 saturated carbocycles. The van der Waals surface area contributed by atoms with Crippen LogP contribution >= 0.6 is 27.5 Å². The highest BCUT2D eigenvalue weighted by molar-refractivity contribution is 9.10. The molecule has 1 N–H and O–H groups in total. The maximum Gasteiger partial charge on any atom is 0.122 e. The van der Waals surface area contributed by atoms with E-state index in [0.29, 0.717) is 5.02 Å². The second kappa shape index (κ2) is 7.78. The van der Waals surface area contributed by atoms with E-state index in [1.165, 1.54) is 0 Å². The van der Waals surface area contributed by atoms with Gasteiger partial charge in [0.2, 0.25) is 0 Å². The SMILES string of the molecule is CCNC(Cc1cc(Br)ccc1OC)c1ccncc1Cl. The molecule has 21 heavy (non-hydrogen) atoms. The zero-order chi connectivity index (χ0) is 15.2. The third-order valence-electron chi connectivity index (χ3n) is 3.30. The molecule has 1 aromatic carbocycles. The van der Waals surface area contributed by atoms with Crippen LogP contribution in [0.1, 0.15) is 24.1 Å². The monoisotopic (exact) mass is 368 g/mol. The smallest absolute Gasteiger partial charge is 0.122 e. The molecular formula is C16H18BrClN2O. The Bertz CT molecular complexity index is 607. The molecule has 0 aliphatic rings. The number of rotatable bonds is 6. The number of nitrogens with zero attached hydrogens (tertiary/aromatic N) is 1. The summed E-state index contributed by atoms with van der Waals surface area (Å²) in [4.78, 5) is 4.05. The van der Waals surface area contributed by atoms with Crippen molar-refractivity contribution in [3.05, 3.63) is 57.3 Å². The number of halogens is 2. The summed E-state index contributed by atoms with van der Waals surface area (Å²) in [6.07, 6.45) is 4.24. The Morgan fingerprint density at radius 1 is 1.38 bits per heavy atom. The van der Waals surface area contributed by atoms with E-state index in [1.807, 2.05) is 18.2 Å². The molecule has 0 spiro atoms. The third-order valence-corrected chi connectivity index (χ3v) is 4.11. The van der Waals surface area contributed by atoms with Crippen molar-refractivity contribution in [3.8, 4) is 5.75 Å². The van der Waals surface area contributed by atoms with Crippen LogP contribution < -0.4 is 10.1 Å². The summed E-state index contributed by atoms with van der Waals surface area (Å²) in [5.74, 6) is 0.881. The van der Waals surface area contributed by atoms with Crippen LogP contribution in [0.4, 0.5) is 0 Å². The highest BCUT2D eigenvalue weighted by atomic mass is 79.9. The van der Waals surface area contributed by atoms with Crippen molar-refractivity contribution in [1.82, 2.24) is 10.3 Å². The Hall–Kier alpha value is -1.10. The van der Waals surface area contributed by atoms with E-state index in [-0.39, 0.29) is 6.04 Å². The first kappa shape index (κ1) is 16.3. The minimum absolute atomic E-state index is 0.119. The minimum Gasteiger partial charge on any atom is -0.496 e. The Labute approximate surface area is 138 Å². The van der Waals surface area contributed by atoms with Gasteiger partial charge >= 0.3 is 0 Å². The van der Waals surface area contributed by atoms with Crippen molar-refractivity contribution in [3.63, 3.8) is 0 Å². The van der Waals surface area contributed by atoms with Crippen LogP contribution in [-0.4, -0.2) is 18.6 Å². The largest absolute Gasteiger partial charge is 0.496 e. The standard InChI is InChI=1S/C16H18BrClN2O/c1-3-20-15(13-6-7-19-10-14(13)18)9-11-8-12(17)4-5-16(11)21-2/h4-8,10,15,20H,3,9H2,1-2H3. The molecule has 1 unspecified atom stereocenters. The lowest BCUT2D eigenvalue weighted by Crippen LogP contribution is -2.23. The Morgan fingerprint density at radius 2 is 2.19 bits per heavy atom. The fourth-order valence-electron chi connectivity index (χ4n) is 2.33. The van der Waals surface area contributed by atoms with Crippen molar-refractivity contribution in [2.45, 2.75) is 19.4 Å². The average Bonchev–Trinajstić information content (AvgIpc) is 2.48. The molecule has 0 fully saturated rings. The first-order valence-electron chi connectivity index (χ1n) is 6.81. The van der Waals surface area contributed by atoms with E-state index in [0.717, 1.165) is 34.3 Å². The first-order valence-corrected chi connectivity index (χ1v) is 7.98. The van der Waals surface area contributed by atoms with Gasteiger partial charge in [0, 0.05) is 22.9 Å². The molecule has 0 radical (unpaired) electrons. The lowest BCUT2D eigenvalue weighted by Gasteiger charge is -2.21. The lowest BCUT2D eigenvalue weighted by molar-refractivity contribution is 0.405. The van der Waals surface area contributed by atoms with Gasteiger partial charge in [-0.15, -0.1) is 0 Å². The molecule has 112 valence electrons. The van der Waals surface area contributed by atoms with Crippen LogP contribution in [0.2, 0.25) is 5.02 Å². The van der Waals surface area contributed by atoms with Crippen LogP contribution in [0.3, 0.4) is 0 Å². The van der Waals surface area contributed by atoms with Crippen molar-refractivity contribution < 1.29 is 4.74 Å². The molecule has 3 nitrogen and oxygen atoms in total. The second-order valence-corrected chi connectivity index (χ2v) is 5.99. The molecule has 2 aromatic rings. The van der Waals surface area contributed by atoms with E-state index in [2.05, 4.69) is 39.2 Å². The molecular weight excluding hydrogens is 352 g/mol. The number of aromatic nitrogens is 1. The number of methoxy groups -OCH3 is 1. The van der Waals surface area contributed by atoms with Crippen molar-refractivity contribution >= 4 is 27.5 Å². The third kappa shape index (κ3) is 4.19. The van der Waals surface area contributed by atoms with E-state index >= 15 is 0 Å². The van der Waals surface area contributed by atoms with Crippen LogP contribution in [0.5, 0.6) is 5.75 Å². The highest BCUT2D eigenvalue weighted by Gasteiger charge is 2.17. The summed E-state index contributed by atoms with van der Waals surface area (Å²) >= 11 is 9.80. The number of likely N-dealkylation sites (N-methyl/N-ethyl adjacent to an activating group) is 1. The fraction of sp³-hybridized carbons (Fsp3) is 0.312. The molecule has 0 bridgehead atoms. The number of hydrogen-bond donors (Lipinski definition) is 1. The summed E-state index contributed by atoms with van der Waals surface area (Å²) in [6.45, 7) is 2.94. The number of pyridine rings is 1. The predicted octanol–water partition coefficient (Wildman–Crippen LogP) is 4.40. The number of benzene rings is 1. The maximum atomic E-state index is 6.28. The molecule has 2 rings (SSSR count). The first-order chi connectivity index (χ1) is 10.2. The van der Waals surface area contributed by atoms with Gasteiger partial charge in [0.15, 0.2) is 0 Å². The Kier molecular flexibility index (Phi) is 6.03. The topological polar surface area (TPSA) is 34.1 Å². The van der Waals surface area contributed by atoms with Gasteiger partial charge in [0.05, 0.1) is 12.1 Å². The summed E-state index contributed by atoms with van der Waals surface area (Å²) < 4.78 is 6.49. The van der Waals surface area contributed by atoms with Gasteiger partial charge < -0.3 is 10.1 Å². The quantitative estimate of drug-likeness (QED) is 0.819. The minimum atomic E-state index is 0.119. The predicted molar refractivity (Wildman–Crippen MR) is 90.1 cm³/mol. The van der Waals surface area contributed by atoms with Gasteiger partial charge in [0.1, 0.15) is 5.75 Å². The van der Waals surface area contributed by atoms with Gasteiger partial charge in [0.25, 0.3) is 0 Å². The molecule has 0 amide bonds. The number of nitrogens with one attached hydrogen (secondary N) is 1. The molecule has 1 aromatic heterocycles. The normalized spacial score (nSPS) is 12.2. The van der Waals surface area contributed by atoms with Gasteiger partial charge in [-0.2, -0.15) is 0 Å². The van der Waals surface area contributed by atoms with Crippen molar-refractivity contribution in [2.75, 3.05) is 13.7 Å². The van der Waals surface area contributed by atoms with E-state index < -0.39 is 0 Å². The molecule has 1 atom stereocenters. The van der Waals surface area contributed by atoms with E-state index in [4.69, 9.17) is 16.3 Å². The Balaban J connectivity index is 2.33. The number of ether oxygens (including phenoxy) is 1. The summed E-state index contributed by atoms with van der Waals surface area (Å²) in [5, 5.41) is 4.15. The van der Waals surface area contributed by atoms with Crippen molar-refractivity contribution in [2.24, 2.45) is 0 Å². The summed E-state index contributed by atoms with van der Waals surface area (Å²) in [5.41, 5.74) is 2.18. The van der Waals surface area contributed by atoms with Crippen molar-refractivity contribution in [1.29, 1.82) is 0 Å². The number of hydrogen-bond acceptors (Lipinski definition) is 3. The lowest BCUT2D eigenvalue weighted by atomic mass is 9.99. The molecule has 0 saturated heterocycles. The van der Waals surface area contributed by atoms with Crippen LogP contribution in [-0.2, 0) is 6.42 Å². The van der Waals surface area contributed by atoms with Gasteiger partial charge in [-0.25, -0.2) is 0 Å². The van der Waals surface area contributed by atoms with E-state index in [1.54, 1.807) is 19.5 Å². The second-order valence-electron chi connectivity index (χ2n) is 4.67. The van der Waals surface area contributed by atoms with Gasteiger partial charge in [-0.3, -0.25) is 4.98 Å². The fourth-order valence-corrected chi connectivity index (χ4v) is 2.99. The molecule has 1 heterocycles. The van der Waals surface area contributed by atoms with Crippen LogP contribution in [0, 0.1) is 0 Å². The van der Waals surface area contributed by atoms with Crippen LogP contribution in [0.25, 0.3) is 0 Å². The zero-order valence-corrected chi connectivity index (χ0v) is 14.4. The molecule has 5 heteroatoms. The zero-order valence-electron chi connectivity index (χ0n) is 12.1. The highest BCUT2D eigenvalue weighted by Crippen LogP contribution is 2.30. The summed E-state index contributed by atoms with van der Waals surface area (Å²) in [6, 6.07) is 8.10. The summed E-state index contributed by atoms with van der Waals surface area (Å²) in [7, 11) is 1.69. The average molecular weight is 370 g/mol. The van der Waals surface area contributed by atoms with Gasteiger partial charge in [-0.05, 0) is 48.4 Å².